The normalized spacial score (nSPS) is 17.1. The maximum absolute atomic E-state index is 13.2. The lowest BCUT2D eigenvalue weighted by atomic mass is 10.00. The lowest BCUT2D eigenvalue weighted by Crippen LogP contribution is -2.18. The first-order valence-corrected chi connectivity index (χ1v) is 5.98. The summed E-state index contributed by atoms with van der Waals surface area (Å²) in [6.07, 6.45) is 2.96. The molecule has 0 atom stereocenters. The molecule has 1 nitrogen and oxygen atoms in total. The molecule has 1 heterocycles. The van der Waals surface area contributed by atoms with Crippen LogP contribution in [-0.4, -0.2) is 12.2 Å². The summed E-state index contributed by atoms with van der Waals surface area (Å²) in [5, 5.41) is 0.947. The predicted molar refractivity (Wildman–Crippen MR) is 64.9 cm³/mol. The maximum Gasteiger partial charge on any atom is 0.271 e. The summed E-state index contributed by atoms with van der Waals surface area (Å²) in [5.41, 5.74) is 1.44. The molecule has 0 saturated carbocycles. The quantitative estimate of drug-likeness (QED) is 0.701. The van der Waals surface area contributed by atoms with Gasteiger partial charge >= 0.3 is 0 Å². The van der Waals surface area contributed by atoms with Crippen LogP contribution in [0.4, 0.5) is 8.78 Å². The predicted octanol–water partition coefficient (Wildman–Crippen LogP) is 3.92. The molecular weight excluding hydrogens is 242 g/mol. The van der Waals surface area contributed by atoms with Crippen LogP contribution in [0.25, 0.3) is 16.2 Å². The van der Waals surface area contributed by atoms with Crippen LogP contribution in [0.1, 0.15) is 20.8 Å². The van der Waals surface area contributed by atoms with E-state index in [1.54, 1.807) is 12.1 Å². The maximum atomic E-state index is 13.2. The first-order chi connectivity index (χ1) is 8.09. The molecule has 3 rings (SSSR count). The third kappa shape index (κ3) is 1.69. The first kappa shape index (κ1) is 10.6. The first-order valence-electron chi connectivity index (χ1n) is 5.17. The van der Waals surface area contributed by atoms with E-state index in [-0.39, 0.29) is 6.42 Å². The van der Waals surface area contributed by atoms with Gasteiger partial charge in [0.25, 0.3) is 5.92 Å². The number of fused-ring (bicyclic) bond motifs is 3. The van der Waals surface area contributed by atoms with Crippen molar-refractivity contribution < 1.29 is 13.6 Å². The van der Waals surface area contributed by atoms with E-state index >= 15 is 0 Å². The molecule has 0 N–H and O–H groups in total. The Bertz CT molecular complexity index is 640. The number of benzene rings is 1. The van der Waals surface area contributed by atoms with Gasteiger partial charge in [-0.15, -0.1) is 11.3 Å². The number of thiophene rings is 1. The molecule has 4 heteroatoms. The SMILES string of the molecule is O=Cc1ccc2c3c(sc2c1)CC(F)(F)C=C3. The van der Waals surface area contributed by atoms with Gasteiger partial charge in [-0.25, -0.2) is 8.78 Å². The van der Waals surface area contributed by atoms with Crippen LogP contribution in [-0.2, 0) is 6.42 Å². The summed E-state index contributed by atoms with van der Waals surface area (Å²) in [6.45, 7) is 0. The average molecular weight is 250 g/mol. The molecule has 17 heavy (non-hydrogen) atoms. The largest absolute Gasteiger partial charge is 0.298 e. The molecule has 0 spiro atoms. The molecule has 0 radical (unpaired) electrons. The van der Waals surface area contributed by atoms with Gasteiger partial charge in [-0.2, -0.15) is 0 Å². The van der Waals surface area contributed by atoms with Gasteiger partial charge in [0.1, 0.15) is 6.29 Å². The smallest absolute Gasteiger partial charge is 0.271 e. The summed E-state index contributed by atoms with van der Waals surface area (Å²) in [6, 6.07) is 5.28. The summed E-state index contributed by atoms with van der Waals surface area (Å²) < 4.78 is 27.3. The van der Waals surface area contributed by atoms with Crippen LogP contribution in [0.15, 0.2) is 24.3 Å². The molecule has 1 aliphatic rings. The van der Waals surface area contributed by atoms with Crippen LogP contribution in [0.2, 0.25) is 0 Å². The zero-order valence-electron chi connectivity index (χ0n) is 8.74. The van der Waals surface area contributed by atoms with Crippen molar-refractivity contribution in [1.29, 1.82) is 0 Å². The fourth-order valence-electron chi connectivity index (χ4n) is 2.05. The Morgan fingerprint density at radius 1 is 1.35 bits per heavy atom. The van der Waals surface area contributed by atoms with Gasteiger partial charge in [-0.05, 0) is 17.7 Å². The van der Waals surface area contributed by atoms with Crippen molar-refractivity contribution in [3.05, 3.63) is 40.3 Å². The van der Waals surface area contributed by atoms with E-state index in [0.717, 1.165) is 28.0 Å². The standard InChI is InChI=1S/C13H8F2OS/c14-13(15)4-3-10-9-2-1-8(7-16)5-11(9)17-12(10)6-13/h1-5,7H,6H2. The number of hydrogen-bond donors (Lipinski definition) is 0. The zero-order valence-corrected chi connectivity index (χ0v) is 9.56. The lowest BCUT2D eigenvalue weighted by Gasteiger charge is -2.15. The molecule has 0 saturated heterocycles. The van der Waals surface area contributed by atoms with E-state index in [0.29, 0.717) is 10.4 Å². The Hall–Kier alpha value is -1.55. The molecule has 0 amide bonds. The third-order valence-corrected chi connectivity index (χ3v) is 4.02. The van der Waals surface area contributed by atoms with Crippen molar-refractivity contribution in [3.63, 3.8) is 0 Å². The van der Waals surface area contributed by atoms with Crippen LogP contribution < -0.4 is 0 Å². The van der Waals surface area contributed by atoms with Gasteiger partial charge in [0, 0.05) is 20.5 Å². The fourth-order valence-corrected chi connectivity index (χ4v) is 3.35. The molecule has 0 fully saturated rings. The summed E-state index contributed by atoms with van der Waals surface area (Å²) in [7, 11) is 0. The number of halogens is 2. The summed E-state index contributed by atoms with van der Waals surface area (Å²) in [5.74, 6) is -2.75. The van der Waals surface area contributed by atoms with Crippen LogP contribution >= 0.6 is 11.3 Å². The van der Waals surface area contributed by atoms with E-state index in [1.807, 2.05) is 6.07 Å². The second kappa shape index (κ2) is 3.47. The minimum Gasteiger partial charge on any atom is -0.298 e. The molecule has 1 aromatic carbocycles. The van der Waals surface area contributed by atoms with Crippen molar-refractivity contribution in [1.82, 2.24) is 0 Å². The molecule has 0 unspecified atom stereocenters. The van der Waals surface area contributed by atoms with E-state index in [4.69, 9.17) is 0 Å². The zero-order chi connectivity index (χ0) is 12.0. The molecular formula is C13H8F2OS. The molecule has 2 aromatic rings. The van der Waals surface area contributed by atoms with Crippen LogP contribution in [0.5, 0.6) is 0 Å². The topological polar surface area (TPSA) is 17.1 Å². The van der Waals surface area contributed by atoms with E-state index < -0.39 is 5.92 Å². The molecule has 0 aliphatic heterocycles. The number of allylic oxidation sites excluding steroid dienone is 1. The minimum atomic E-state index is -2.75. The number of alkyl halides is 2. The van der Waals surface area contributed by atoms with E-state index in [1.165, 1.54) is 17.4 Å². The third-order valence-electron chi connectivity index (χ3n) is 2.86. The second-order valence-electron chi connectivity index (χ2n) is 4.08. The van der Waals surface area contributed by atoms with Gasteiger partial charge in [0.05, 0.1) is 6.42 Å². The number of hydrogen-bond acceptors (Lipinski definition) is 2. The highest BCUT2D eigenvalue weighted by Crippen LogP contribution is 2.40. The Kier molecular flexibility index (Phi) is 2.16. The van der Waals surface area contributed by atoms with E-state index in [9.17, 15) is 13.6 Å². The highest BCUT2D eigenvalue weighted by atomic mass is 32.1. The fraction of sp³-hybridized carbons (Fsp3) is 0.154. The van der Waals surface area contributed by atoms with Crippen molar-refractivity contribution in [2.75, 3.05) is 0 Å². The number of carbonyl (C=O) groups is 1. The lowest BCUT2D eigenvalue weighted by molar-refractivity contribution is 0.0563. The van der Waals surface area contributed by atoms with Crippen molar-refractivity contribution in [2.24, 2.45) is 0 Å². The Labute approximate surface area is 100 Å². The number of rotatable bonds is 1. The highest BCUT2D eigenvalue weighted by Gasteiger charge is 2.31. The van der Waals surface area contributed by atoms with Gasteiger partial charge in [0.2, 0.25) is 0 Å². The Balaban J connectivity index is 2.23. The summed E-state index contributed by atoms with van der Waals surface area (Å²) >= 11 is 1.34. The number of aldehydes is 1. The van der Waals surface area contributed by atoms with Crippen molar-refractivity contribution in [2.45, 2.75) is 12.3 Å². The van der Waals surface area contributed by atoms with Crippen molar-refractivity contribution in [3.8, 4) is 0 Å². The van der Waals surface area contributed by atoms with Gasteiger partial charge < -0.3 is 0 Å². The highest BCUT2D eigenvalue weighted by molar-refractivity contribution is 7.19. The van der Waals surface area contributed by atoms with Gasteiger partial charge in [0.15, 0.2) is 0 Å². The molecule has 1 aliphatic carbocycles. The summed E-state index contributed by atoms with van der Waals surface area (Å²) in [4.78, 5) is 11.4. The van der Waals surface area contributed by atoms with Gasteiger partial charge in [-0.3, -0.25) is 4.79 Å². The second-order valence-corrected chi connectivity index (χ2v) is 5.22. The Morgan fingerprint density at radius 2 is 2.18 bits per heavy atom. The van der Waals surface area contributed by atoms with Gasteiger partial charge in [-0.1, -0.05) is 18.2 Å². The average Bonchev–Trinajstić information content (AvgIpc) is 2.63. The molecule has 1 aromatic heterocycles. The molecule has 0 bridgehead atoms. The Morgan fingerprint density at radius 3 is 2.94 bits per heavy atom. The van der Waals surface area contributed by atoms with E-state index in [2.05, 4.69) is 0 Å². The van der Waals surface area contributed by atoms with Crippen LogP contribution in [0.3, 0.4) is 0 Å². The molecule has 86 valence electrons. The minimum absolute atomic E-state index is 0.241. The monoisotopic (exact) mass is 250 g/mol. The van der Waals surface area contributed by atoms with Crippen LogP contribution in [0, 0.1) is 0 Å². The van der Waals surface area contributed by atoms with Crippen molar-refractivity contribution >= 4 is 33.8 Å². The number of carbonyl (C=O) groups excluding carboxylic acids is 1.